The lowest BCUT2D eigenvalue weighted by Gasteiger charge is -2.23. The van der Waals surface area contributed by atoms with Gasteiger partial charge in [-0.25, -0.2) is 0 Å². The first kappa shape index (κ1) is 11.9. The van der Waals surface area contributed by atoms with Gasteiger partial charge in [-0.2, -0.15) is 0 Å². The predicted molar refractivity (Wildman–Crippen MR) is 51.8 cm³/mol. The zero-order valence-electron chi connectivity index (χ0n) is 7.53. The minimum atomic E-state index is -0.276. The summed E-state index contributed by atoms with van der Waals surface area (Å²) >= 11 is 0. The van der Waals surface area contributed by atoms with Crippen molar-refractivity contribution < 1.29 is 4.42 Å². The molecule has 0 bridgehead atoms. The van der Waals surface area contributed by atoms with Gasteiger partial charge in [0.25, 0.3) is 0 Å². The number of rotatable bonds is 1. The number of nitrogens with two attached hydrogens (primary N) is 2. The van der Waals surface area contributed by atoms with Crippen LogP contribution in [0.15, 0.2) is 4.42 Å². The SMILES string of the molecule is C.CC(C)(C)[C@H](N)c1nnc(N)o1. The standard InChI is InChI=1S/C7H14N4O.CH4/c1-7(2,3)4(8)5-10-11-6(9)12-5;/h4H,8H2,1-3H3,(H2,9,11);1H4/t4-;/m1./s1. The van der Waals surface area contributed by atoms with Crippen molar-refractivity contribution in [2.75, 3.05) is 5.73 Å². The lowest BCUT2D eigenvalue weighted by atomic mass is 9.87. The molecule has 1 aromatic rings. The van der Waals surface area contributed by atoms with Crippen LogP contribution in [0.25, 0.3) is 0 Å². The molecule has 76 valence electrons. The molecule has 0 saturated carbocycles. The molecule has 0 aliphatic rings. The Labute approximate surface area is 78.5 Å². The fourth-order valence-corrected chi connectivity index (χ4v) is 0.743. The van der Waals surface area contributed by atoms with Crippen molar-refractivity contribution in [1.82, 2.24) is 10.2 Å². The average Bonchev–Trinajstić information content (AvgIpc) is 2.32. The van der Waals surface area contributed by atoms with E-state index in [1.165, 1.54) is 0 Å². The van der Waals surface area contributed by atoms with Gasteiger partial charge in [-0.3, -0.25) is 0 Å². The maximum atomic E-state index is 5.83. The lowest BCUT2D eigenvalue weighted by Crippen LogP contribution is -2.26. The van der Waals surface area contributed by atoms with Crippen LogP contribution in [0, 0.1) is 5.41 Å². The van der Waals surface area contributed by atoms with E-state index in [-0.39, 0.29) is 24.9 Å². The number of nitrogen functional groups attached to an aromatic ring is 1. The quantitative estimate of drug-likeness (QED) is 0.690. The highest BCUT2D eigenvalue weighted by atomic mass is 16.4. The molecule has 0 spiro atoms. The fraction of sp³-hybridized carbons (Fsp3) is 0.750. The predicted octanol–water partition coefficient (Wildman–Crippen LogP) is 1.33. The molecule has 0 radical (unpaired) electrons. The molecule has 0 amide bonds. The number of hydrogen-bond acceptors (Lipinski definition) is 5. The highest BCUT2D eigenvalue weighted by molar-refractivity contribution is 5.07. The van der Waals surface area contributed by atoms with Gasteiger partial charge < -0.3 is 15.9 Å². The number of aromatic nitrogens is 2. The molecule has 0 aliphatic carbocycles. The molecule has 5 heteroatoms. The van der Waals surface area contributed by atoms with Gasteiger partial charge in [0.05, 0.1) is 6.04 Å². The summed E-state index contributed by atoms with van der Waals surface area (Å²) in [6.45, 7) is 5.99. The summed E-state index contributed by atoms with van der Waals surface area (Å²) in [7, 11) is 0. The molecule has 4 N–H and O–H groups in total. The zero-order valence-corrected chi connectivity index (χ0v) is 7.53. The zero-order chi connectivity index (χ0) is 9.35. The Morgan fingerprint density at radius 2 is 1.85 bits per heavy atom. The molecule has 0 unspecified atom stereocenters. The smallest absolute Gasteiger partial charge is 0.312 e. The monoisotopic (exact) mass is 186 g/mol. The highest BCUT2D eigenvalue weighted by Crippen LogP contribution is 2.29. The van der Waals surface area contributed by atoms with Crippen LogP contribution < -0.4 is 11.5 Å². The third kappa shape index (κ3) is 2.69. The average molecular weight is 186 g/mol. The van der Waals surface area contributed by atoms with Crippen molar-refractivity contribution in [1.29, 1.82) is 0 Å². The molecular weight excluding hydrogens is 168 g/mol. The molecule has 0 aromatic carbocycles. The van der Waals surface area contributed by atoms with Crippen LogP contribution in [0.3, 0.4) is 0 Å². The Bertz CT molecular complexity index is 263. The van der Waals surface area contributed by atoms with Gasteiger partial charge in [0.1, 0.15) is 0 Å². The third-order valence-corrected chi connectivity index (χ3v) is 1.66. The minimum Gasteiger partial charge on any atom is -0.407 e. The molecule has 1 rings (SSSR count). The number of anilines is 1. The molecule has 0 fully saturated rings. The van der Waals surface area contributed by atoms with Gasteiger partial charge in [0, 0.05) is 0 Å². The van der Waals surface area contributed by atoms with E-state index in [1.807, 2.05) is 20.8 Å². The Morgan fingerprint density at radius 3 is 2.15 bits per heavy atom. The second-order valence-corrected chi connectivity index (χ2v) is 3.82. The maximum absolute atomic E-state index is 5.83. The maximum Gasteiger partial charge on any atom is 0.312 e. The number of hydrogen-bond donors (Lipinski definition) is 2. The van der Waals surface area contributed by atoms with Gasteiger partial charge in [0.2, 0.25) is 5.89 Å². The van der Waals surface area contributed by atoms with Gasteiger partial charge in [-0.05, 0) is 5.41 Å². The van der Waals surface area contributed by atoms with Crippen LogP contribution in [-0.2, 0) is 0 Å². The summed E-state index contributed by atoms with van der Waals surface area (Å²) in [6.07, 6.45) is 0. The van der Waals surface area contributed by atoms with Crippen LogP contribution in [0.2, 0.25) is 0 Å². The largest absolute Gasteiger partial charge is 0.407 e. The van der Waals surface area contributed by atoms with Crippen LogP contribution in [0.1, 0.15) is 40.1 Å². The lowest BCUT2D eigenvalue weighted by molar-refractivity contribution is 0.279. The second kappa shape index (κ2) is 3.74. The topological polar surface area (TPSA) is 91.0 Å². The molecule has 1 heterocycles. The summed E-state index contributed by atoms with van der Waals surface area (Å²) in [6, 6.07) is -0.216. The van der Waals surface area contributed by atoms with E-state index < -0.39 is 0 Å². The van der Waals surface area contributed by atoms with E-state index in [0.717, 1.165) is 0 Å². The summed E-state index contributed by atoms with van der Waals surface area (Å²) in [5.74, 6) is 0.389. The van der Waals surface area contributed by atoms with Crippen molar-refractivity contribution in [2.24, 2.45) is 11.1 Å². The van der Waals surface area contributed by atoms with E-state index in [1.54, 1.807) is 0 Å². The number of nitrogens with zero attached hydrogens (tertiary/aromatic N) is 2. The van der Waals surface area contributed by atoms with Gasteiger partial charge in [-0.15, -0.1) is 5.10 Å². The van der Waals surface area contributed by atoms with Crippen LogP contribution in [0.4, 0.5) is 6.01 Å². The third-order valence-electron chi connectivity index (χ3n) is 1.66. The molecule has 1 atom stereocenters. The normalized spacial score (nSPS) is 13.5. The van der Waals surface area contributed by atoms with Crippen molar-refractivity contribution in [2.45, 2.75) is 34.2 Å². The summed E-state index contributed by atoms with van der Waals surface area (Å²) in [5.41, 5.74) is 11.0. The van der Waals surface area contributed by atoms with Crippen LogP contribution in [-0.4, -0.2) is 10.2 Å². The summed E-state index contributed by atoms with van der Waals surface area (Å²) in [4.78, 5) is 0. The van der Waals surface area contributed by atoms with E-state index in [0.29, 0.717) is 5.89 Å². The summed E-state index contributed by atoms with van der Waals surface area (Å²) in [5, 5.41) is 7.25. The Balaban J connectivity index is 0.00000144. The van der Waals surface area contributed by atoms with E-state index in [9.17, 15) is 0 Å². The van der Waals surface area contributed by atoms with Crippen LogP contribution in [0.5, 0.6) is 0 Å². The molecule has 1 aromatic heterocycles. The van der Waals surface area contributed by atoms with Crippen LogP contribution >= 0.6 is 0 Å². The van der Waals surface area contributed by atoms with Crippen molar-refractivity contribution in [3.05, 3.63) is 5.89 Å². The van der Waals surface area contributed by atoms with Crippen molar-refractivity contribution in [3.8, 4) is 0 Å². The first-order chi connectivity index (χ1) is 5.41. The molecular formula is C8H18N4O. The van der Waals surface area contributed by atoms with Crippen molar-refractivity contribution in [3.63, 3.8) is 0 Å². The van der Waals surface area contributed by atoms with E-state index in [2.05, 4.69) is 10.2 Å². The summed E-state index contributed by atoms with van der Waals surface area (Å²) < 4.78 is 5.00. The van der Waals surface area contributed by atoms with Gasteiger partial charge in [0.15, 0.2) is 0 Å². The Morgan fingerprint density at radius 1 is 1.31 bits per heavy atom. The second-order valence-electron chi connectivity index (χ2n) is 3.82. The first-order valence-electron chi connectivity index (χ1n) is 3.75. The highest BCUT2D eigenvalue weighted by Gasteiger charge is 2.26. The molecule has 0 saturated heterocycles. The van der Waals surface area contributed by atoms with Gasteiger partial charge >= 0.3 is 6.01 Å². The van der Waals surface area contributed by atoms with E-state index in [4.69, 9.17) is 15.9 Å². The molecule has 13 heavy (non-hydrogen) atoms. The van der Waals surface area contributed by atoms with Gasteiger partial charge in [-0.1, -0.05) is 33.3 Å². The molecule has 0 aliphatic heterocycles. The first-order valence-corrected chi connectivity index (χ1v) is 3.75. The Hall–Kier alpha value is -1.10. The Kier molecular flexibility index (Phi) is 3.42. The fourth-order valence-electron chi connectivity index (χ4n) is 0.743. The minimum absolute atomic E-state index is 0. The molecule has 5 nitrogen and oxygen atoms in total. The van der Waals surface area contributed by atoms with E-state index >= 15 is 0 Å². The van der Waals surface area contributed by atoms with Crippen molar-refractivity contribution >= 4 is 6.01 Å².